The van der Waals surface area contributed by atoms with Crippen LogP contribution < -0.4 is 5.73 Å². The molecule has 0 bridgehead atoms. The van der Waals surface area contributed by atoms with Crippen LogP contribution in [0.3, 0.4) is 0 Å². The van der Waals surface area contributed by atoms with Gasteiger partial charge in [-0.2, -0.15) is 10.5 Å². The molecule has 0 saturated carbocycles. The van der Waals surface area contributed by atoms with E-state index >= 15 is 0 Å². The van der Waals surface area contributed by atoms with Crippen LogP contribution in [0.15, 0.2) is 58.0 Å². The number of benzene rings is 2. The summed E-state index contributed by atoms with van der Waals surface area (Å²) in [4.78, 5) is 4.31. The summed E-state index contributed by atoms with van der Waals surface area (Å²) in [6.07, 6.45) is 0. The molecule has 0 atom stereocenters. The standard InChI is InChI=1S/C20H12BrClN4S/c21-14-5-3-13(4-6-14)18-16(9-23)19(25)26-20(17(18)10-24)27-11-12-1-7-15(22)8-2-12/h1-8H,11H2,(H2,25,26). The third-order valence-electron chi connectivity index (χ3n) is 3.84. The van der Waals surface area contributed by atoms with E-state index in [2.05, 4.69) is 33.1 Å². The summed E-state index contributed by atoms with van der Waals surface area (Å²) in [5.74, 6) is 0.720. The topological polar surface area (TPSA) is 86.5 Å². The number of thioether (sulfide) groups is 1. The Balaban J connectivity index is 2.07. The first-order valence-corrected chi connectivity index (χ1v) is 9.96. The zero-order chi connectivity index (χ0) is 19.4. The van der Waals surface area contributed by atoms with Crippen LogP contribution in [0.1, 0.15) is 16.7 Å². The Bertz CT molecular complexity index is 1070. The van der Waals surface area contributed by atoms with Gasteiger partial charge in [-0.05, 0) is 35.4 Å². The van der Waals surface area contributed by atoms with Gasteiger partial charge in [0.05, 0.1) is 5.56 Å². The molecule has 0 radical (unpaired) electrons. The Morgan fingerprint density at radius 1 is 1.00 bits per heavy atom. The summed E-state index contributed by atoms with van der Waals surface area (Å²) in [7, 11) is 0. The highest BCUT2D eigenvalue weighted by molar-refractivity contribution is 9.10. The highest BCUT2D eigenvalue weighted by Gasteiger charge is 2.20. The summed E-state index contributed by atoms with van der Waals surface area (Å²) in [6, 6.07) is 19.2. The van der Waals surface area contributed by atoms with Gasteiger partial charge in [0.2, 0.25) is 0 Å². The third kappa shape index (κ3) is 4.26. The van der Waals surface area contributed by atoms with Crippen molar-refractivity contribution in [2.24, 2.45) is 0 Å². The van der Waals surface area contributed by atoms with Crippen molar-refractivity contribution in [3.05, 3.63) is 74.7 Å². The number of aromatic nitrogens is 1. The molecule has 0 aliphatic heterocycles. The largest absolute Gasteiger partial charge is 0.383 e. The number of anilines is 1. The van der Waals surface area contributed by atoms with Crippen LogP contribution in [0.25, 0.3) is 11.1 Å². The minimum atomic E-state index is 0.119. The highest BCUT2D eigenvalue weighted by atomic mass is 79.9. The van der Waals surface area contributed by atoms with E-state index in [-0.39, 0.29) is 11.4 Å². The maximum Gasteiger partial charge on any atom is 0.143 e. The number of nitrogens with zero attached hydrogens (tertiary/aromatic N) is 3. The lowest BCUT2D eigenvalue weighted by molar-refractivity contribution is 1.11. The van der Waals surface area contributed by atoms with Crippen LogP contribution in [0.4, 0.5) is 5.82 Å². The van der Waals surface area contributed by atoms with E-state index in [1.165, 1.54) is 11.8 Å². The Labute approximate surface area is 174 Å². The van der Waals surface area contributed by atoms with Gasteiger partial charge >= 0.3 is 0 Å². The Morgan fingerprint density at radius 2 is 1.63 bits per heavy atom. The van der Waals surface area contributed by atoms with Crippen molar-refractivity contribution in [3.63, 3.8) is 0 Å². The Kier molecular flexibility index (Phi) is 6.03. The fraction of sp³-hybridized carbons (Fsp3) is 0.0500. The molecule has 27 heavy (non-hydrogen) atoms. The van der Waals surface area contributed by atoms with Crippen molar-refractivity contribution in [2.75, 3.05) is 5.73 Å². The van der Waals surface area contributed by atoms with E-state index in [9.17, 15) is 10.5 Å². The molecule has 0 fully saturated rings. The summed E-state index contributed by atoms with van der Waals surface area (Å²) in [5.41, 5.74) is 8.89. The smallest absolute Gasteiger partial charge is 0.143 e. The molecule has 2 N–H and O–H groups in total. The number of nitrogen functional groups attached to an aromatic ring is 1. The molecule has 0 aliphatic carbocycles. The van der Waals surface area contributed by atoms with Gasteiger partial charge in [-0.15, -0.1) is 11.8 Å². The van der Waals surface area contributed by atoms with Crippen molar-refractivity contribution in [1.29, 1.82) is 10.5 Å². The fourth-order valence-electron chi connectivity index (χ4n) is 2.54. The van der Waals surface area contributed by atoms with Gasteiger partial charge in [-0.25, -0.2) is 4.98 Å². The van der Waals surface area contributed by atoms with Crippen LogP contribution in [-0.4, -0.2) is 4.98 Å². The SMILES string of the molecule is N#Cc1c(N)nc(SCc2ccc(Cl)cc2)c(C#N)c1-c1ccc(Br)cc1. The Morgan fingerprint density at radius 3 is 2.22 bits per heavy atom. The minimum absolute atomic E-state index is 0.119. The van der Waals surface area contributed by atoms with Crippen molar-refractivity contribution < 1.29 is 0 Å². The maximum atomic E-state index is 9.78. The van der Waals surface area contributed by atoms with E-state index in [1.54, 1.807) is 0 Å². The molecule has 0 aliphatic rings. The van der Waals surface area contributed by atoms with Crippen molar-refractivity contribution in [2.45, 2.75) is 10.8 Å². The molecule has 7 heteroatoms. The first-order chi connectivity index (χ1) is 13.0. The average Bonchev–Trinajstić information content (AvgIpc) is 2.67. The summed E-state index contributed by atoms with van der Waals surface area (Å²) < 4.78 is 0.905. The second kappa shape index (κ2) is 8.45. The van der Waals surface area contributed by atoms with Gasteiger partial charge in [0.15, 0.2) is 0 Å². The normalized spacial score (nSPS) is 10.2. The monoisotopic (exact) mass is 454 g/mol. The first kappa shape index (κ1) is 19.3. The molecule has 0 unspecified atom stereocenters. The lowest BCUT2D eigenvalue weighted by Gasteiger charge is -2.13. The molecule has 1 aromatic heterocycles. The van der Waals surface area contributed by atoms with Gasteiger partial charge in [0.1, 0.15) is 28.5 Å². The second-order valence-corrected chi connectivity index (χ2v) is 7.89. The number of halogens is 2. The molecule has 4 nitrogen and oxygen atoms in total. The molecule has 3 rings (SSSR count). The van der Waals surface area contributed by atoms with Gasteiger partial charge in [-0.1, -0.05) is 51.8 Å². The molecular weight excluding hydrogens is 444 g/mol. The van der Waals surface area contributed by atoms with E-state index in [1.807, 2.05) is 48.5 Å². The molecule has 132 valence electrons. The first-order valence-electron chi connectivity index (χ1n) is 7.80. The van der Waals surface area contributed by atoms with E-state index < -0.39 is 0 Å². The van der Waals surface area contributed by atoms with Gasteiger partial charge in [0, 0.05) is 20.8 Å². The predicted molar refractivity (Wildman–Crippen MR) is 112 cm³/mol. The van der Waals surface area contributed by atoms with E-state index in [0.29, 0.717) is 26.9 Å². The van der Waals surface area contributed by atoms with Gasteiger partial charge < -0.3 is 5.73 Å². The lowest BCUT2D eigenvalue weighted by Crippen LogP contribution is -2.03. The van der Waals surface area contributed by atoms with E-state index in [0.717, 1.165) is 15.6 Å². The number of hydrogen-bond acceptors (Lipinski definition) is 5. The average molecular weight is 456 g/mol. The molecule has 0 spiro atoms. The predicted octanol–water partition coefficient (Wildman–Crippen LogP) is 5.78. The van der Waals surface area contributed by atoms with Crippen molar-refractivity contribution in [1.82, 2.24) is 4.98 Å². The molecular formula is C20H12BrClN4S. The Hall–Kier alpha value is -2.51. The zero-order valence-electron chi connectivity index (χ0n) is 13.9. The van der Waals surface area contributed by atoms with Crippen molar-refractivity contribution in [3.8, 4) is 23.3 Å². The van der Waals surface area contributed by atoms with Crippen LogP contribution >= 0.6 is 39.3 Å². The van der Waals surface area contributed by atoms with Crippen LogP contribution in [0.5, 0.6) is 0 Å². The summed E-state index contributed by atoms with van der Waals surface area (Å²) in [5, 5.41) is 20.5. The van der Waals surface area contributed by atoms with Crippen LogP contribution in [-0.2, 0) is 5.75 Å². The van der Waals surface area contributed by atoms with Crippen molar-refractivity contribution >= 4 is 45.1 Å². The number of nitriles is 2. The lowest BCUT2D eigenvalue weighted by atomic mass is 9.97. The molecule has 0 amide bonds. The highest BCUT2D eigenvalue weighted by Crippen LogP contribution is 2.37. The minimum Gasteiger partial charge on any atom is -0.383 e. The molecule has 2 aromatic carbocycles. The molecule has 0 saturated heterocycles. The number of pyridine rings is 1. The van der Waals surface area contributed by atoms with Crippen LogP contribution in [0, 0.1) is 22.7 Å². The quantitative estimate of drug-likeness (QED) is 0.504. The fourth-order valence-corrected chi connectivity index (χ4v) is 3.88. The van der Waals surface area contributed by atoms with Gasteiger partial charge in [0.25, 0.3) is 0 Å². The van der Waals surface area contributed by atoms with Crippen LogP contribution in [0.2, 0.25) is 5.02 Å². The maximum absolute atomic E-state index is 9.78. The number of rotatable bonds is 4. The number of hydrogen-bond donors (Lipinski definition) is 1. The zero-order valence-corrected chi connectivity index (χ0v) is 17.1. The van der Waals surface area contributed by atoms with Gasteiger partial charge in [-0.3, -0.25) is 0 Å². The number of nitrogens with two attached hydrogens (primary N) is 1. The summed E-state index contributed by atoms with van der Waals surface area (Å²) in [6.45, 7) is 0. The van der Waals surface area contributed by atoms with E-state index in [4.69, 9.17) is 17.3 Å². The molecule has 1 heterocycles. The molecule has 3 aromatic rings. The second-order valence-electron chi connectivity index (χ2n) is 5.57. The summed E-state index contributed by atoms with van der Waals surface area (Å²) >= 11 is 10.7. The third-order valence-corrected chi connectivity index (χ3v) is 5.66.